The molecule has 0 saturated heterocycles. The zero-order chi connectivity index (χ0) is 73.7. The molecule has 101 heavy (non-hydrogen) atoms. The van der Waals surface area contributed by atoms with Crippen molar-refractivity contribution < 1.29 is 75.8 Å². The molecule has 0 aliphatic rings. The van der Waals surface area contributed by atoms with Crippen molar-refractivity contribution in [3.63, 3.8) is 0 Å². The topological polar surface area (TPSA) is 231 Å². The van der Waals surface area contributed by atoms with Crippen LogP contribution in [-0.4, -0.2) is 95.9 Å². The van der Waals surface area contributed by atoms with Crippen LogP contribution in [0.25, 0.3) is 0 Å². The number of rotatable bonds is 72. The number of esters is 3. The van der Waals surface area contributed by atoms with Crippen LogP contribution < -0.4 is 0 Å². The normalized spacial score (nSPS) is 14.9. The lowest BCUT2D eigenvalue weighted by atomic mass is 10.1. The average Bonchev–Trinajstić information content (AvgIpc) is 1.06. The van der Waals surface area contributed by atoms with E-state index in [1.165, 1.54) is 32.1 Å². The Labute approximate surface area is 612 Å². The Bertz CT molecular complexity index is 2470. The van der Waals surface area contributed by atoms with Gasteiger partial charge in [0.05, 0.1) is 26.4 Å². The summed E-state index contributed by atoms with van der Waals surface area (Å²) in [6, 6.07) is 0. The molecular formula is C83H138O16P2. The molecule has 0 fully saturated rings. The first-order valence-corrected chi connectivity index (χ1v) is 41.8. The predicted molar refractivity (Wildman–Crippen MR) is 417 cm³/mol. The summed E-state index contributed by atoms with van der Waals surface area (Å²) in [6.45, 7) is 2.31. The second kappa shape index (κ2) is 74.9. The molecule has 18 heteroatoms. The fraction of sp³-hybridized carbons (Fsp3) is 0.651. The molecule has 5 atom stereocenters. The summed E-state index contributed by atoms with van der Waals surface area (Å²) in [5.41, 5.74) is 0. The number of carbonyl (C=O) groups is 3. The lowest BCUT2D eigenvalue weighted by Gasteiger charge is -2.21. The van der Waals surface area contributed by atoms with Gasteiger partial charge in [-0.25, -0.2) is 9.13 Å². The average molecular weight is 1450 g/mol. The highest BCUT2D eigenvalue weighted by molar-refractivity contribution is 7.47. The van der Waals surface area contributed by atoms with Crippen LogP contribution in [0.2, 0.25) is 0 Å². The molecule has 0 aromatic heterocycles. The maximum Gasteiger partial charge on any atom is 0.472 e. The van der Waals surface area contributed by atoms with Crippen molar-refractivity contribution in [1.29, 1.82) is 0 Å². The first-order valence-electron chi connectivity index (χ1n) is 38.8. The van der Waals surface area contributed by atoms with Gasteiger partial charge in [0.1, 0.15) is 25.4 Å². The van der Waals surface area contributed by atoms with Crippen molar-refractivity contribution in [3.8, 4) is 0 Å². The fourth-order valence-corrected chi connectivity index (χ4v) is 11.5. The quantitative estimate of drug-likeness (QED) is 0.0146. The molecule has 4 N–H and O–H groups in total. The summed E-state index contributed by atoms with van der Waals surface area (Å²) in [5.74, 6) is -1.61. The summed E-state index contributed by atoms with van der Waals surface area (Å²) in [7, 11) is -9.81. The van der Waals surface area contributed by atoms with Gasteiger partial charge in [0.2, 0.25) is 0 Å². The van der Waals surface area contributed by atoms with E-state index < -0.39 is 91.5 Å². The van der Waals surface area contributed by atoms with Gasteiger partial charge < -0.3 is 34.2 Å². The molecule has 0 amide bonds. The van der Waals surface area contributed by atoms with E-state index in [0.717, 1.165) is 199 Å². The molecule has 0 bridgehead atoms. The van der Waals surface area contributed by atoms with Crippen molar-refractivity contribution in [1.82, 2.24) is 0 Å². The van der Waals surface area contributed by atoms with Gasteiger partial charge in [0, 0.05) is 19.3 Å². The van der Waals surface area contributed by atoms with Crippen molar-refractivity contribution in [2.75, 3.05) is 39.6 Å². The van der Waals surface area contributed by atoms with Crippen molar-refractivity contribution in [3.05, 3.63) is 158 Å². The zero-order valence-corrected chi connectivity index (χ0v) is 64.6. The highest BCUT2D eigenvalue weighted by Crippen LogP contribution is 2.45. The van der Waals surface area contributed by atoms with Gasteiger partial charge in [-0.05, 0) is 141 Å². The van der Waals surface area contributed by atoms with E-state index in [-0.39, 0.29) is 19.3 Å². The van der Waals surface area contributed by atoms with Crippen LogP contribution in [0.5, 0.6) is 0 Å². The number of carbonyl (C=O) groups excluding carboxylic acids is 3. The van der Waals surface area contributed by atoms with Crippen LogP contribution in [0, 0.1) is 0 Å². The molecule has 0 heterocycles. The maximum atomic E-state index is 13.0. The van der Waals surface area contributed by atoms with Crippen LogP contribution in [0.4, 0.5) is 0 Å². The molecule has 0 saturated carbocycles. The number of ether oxygens (including phenoxy) is 3. The number of hydrogen-bond acceptors (Lipinski definition) is 14. The highest BCUT2D eigenvalue weighted by atomic mass is 31.2. The fourth-order valence-electron chi connectivity index (χ4n) is 9.93. The van der Waals surface area contributed by atoms with Crippen LogP contribution in [-0.2, 0) is 55.8 Å². The number of unbranched alkanes of at least 4 members (excludes halogenated alkanes) is 23. The van der Waals surface area contributed by atoms with E-state index in [2.05, 4.69) is 179 Å². The summed E-state index contributed by atoms with van der Waals surface area (Å²) in [6.07, 6.45) is 92.8. The molecule has 0 aromatic rings. The summed E-state index contributed by atoms with van der Waals surface area (Å²) < 4.78 is 61.1. The molecule has 0 spiro atoms. The number of phosphoric ester groups is 2. The Balaban J connectivity index is 4.58. The van der Waals surface area contributed by atoms with E-state index in [0.29, 0.717) is 19.3 Å². The van der Waals surface area contributed by atoms with E-state index in [9.17, 15) is 43.5 Å². The Morgan fingerprint density at radius 2 is 0.495 bits per heavy atom. The van der Waals surface area contributed by atoms with Crippen LogP contribution in [0.3, 0.4) is 0 Å². The smallest absolute Gasteiger partial charge is 0.463 e. The molecule has 16 nitrogen and oxygen atoms in total. The number of phosphoric acid groups is 2. The van der Waals surface area contributed by atoms with Gasteiger partial charge in [0.15, 0.2) is 6.10 Å². The number of aliphatic hydroxyl groups excluding tert-OH is 2. The maximum absolute atomic E-state index is 13.0. The third kappa shape index (κ3) is 76.1. The lowest BCUT2D eigenvalue weighted by Crippen LogP contribution is -2.30. The third-order valence-electron chi connectivity index (χ3n) is 15.7. The van der Waals surface area contributed by atoms with Crippen LogP contribution in [0.1, 0.15) is 290 Å². The van der Waals surface area contributed by atoms with Gasteiger partial charge in [0.25, 0.3) is 0 Å². The molecule has 0 rings (SSSR count). The molecular weight excluding hydrogens is 1310 g/mol. The summed E-state index contributed by atoms with van der Waals surface area (Å²) in [4.78, 5) is 58.6. The Hall–Kier alpha value is -4.83. The molecule has 5 unspecified atom stereocenters. The summed E-state index contributed by atoms with van der Waals surface area (Å²) >= 11 is 0. The van der Waals surface area contributed by atoms with Crippen LogP contribution in [0.15, 0.2) is 158 Å². The van der Waals surface area contributed by atoms with E-state index in [4.69, 9.17) is 32.3 Å². The van der Waals surface area contributed by atoms with E-state index >= 15 is 0 Å². The molecule has 0 radical (unpaired) electrons. The first kappa shape index (κ1) is 96.2. The largest absolute Gasteiger partial charge is 0.472 e. The van der Waals surface area contributed by atoms with Gasteiger partial charge in [-0.1, -0.05) is 288 Å². The van der Waals surface area contributed by atoms with Crippen molar-refractivity contribution in [2.24, 2.45) is 0 Å². The first-order chi connectivity index (χ1) is 49.2. The number of aliphatic hydroxyl groups is 2. The molecule has 576 valence electrons. The van der Waals surface area contributed by atoms with E-state index in [1.54, 1.807) is 0 Å². The third-order valence-corrected chi connectivity index (χ3v) is 17.6. The standard InChI is InChI=1S/C83H138O16P2/c1-4-7-10-13-16-19-22-25-28-31-33-34-35-36-37-38-39-40-41-42-44-47-48-51-54-57-60-63-66-69-81(86)93-72-78(84)73-95-100(89,90)96-74-79(85)75-97-101(91,92)98-77-80(99-83(88)71-68-65-62-59-56-53-50-45-30-27-24-21-18-15-12-9-6-3)76-94-82(87)70-67-64-61-58-55-52-49-46-43-32-29-26-23-20-17-14-11-8-5-2/h7-12,16-21,25-30,33-34,36-37,39-40,43,46,78-80,84-85H,4-6,13-15,22-24,31-32,35,38,41-42,44-45,47-77H2,1-3H3,(H,89,90)(H,91,92)/b10-7-,11-8-,12-9-,19-16-,20-17-,21-18-,28-25-,29-26-,30-27-,34-33-,37-36-,40-39-,46-43-. The van der Waals surface area contributed by atoms with Crippen molar-refractivity contribution in [2.45, 2.75) is 309 Å². The highest BCUT2D eigenvalue weighted by Gasteiger charge is 2.29. The zero-order valence-electron chi connectivity index (χ0n) is 62.8. The minimum absolute atomic E-state index is 0.0855. The minimum Gasteiger partial charge on any atom is -0.463 e. The van der Waals surface area contributed by atoms with Gasteiger partial charge in [-0.3, -0.25) is 32.5 Å². The Kier molecular flexibility index (Phi) is 71.3. The second-order valence-electron chi connectivity index (χ2n) is 25.4. The van der Waals surface area contributed by atoms with Gasteiger partial charge >= 0.3 is 33.6 Å². The molecule has 0 aliphatic carbocycles. The molecule has 0 aliphatic heterocycles. The summed E-state index contributed by atoms with van der Waals surface area (Å²) in [5, 5.41) is 20.6. The van der Waals surface area contributed by atoms with Gasteiger partial charge in [-0.2, -0.15) is 0 Å². The second-order valence-corrected chi connectivity index (χ2v) is 28.3. The minimum atomic E-state index is -4.94. The lowest BCUT2D eigenvalue weighted by molar-refractivity contribution is -0.161. The Morgan fingerprint density at radius 1 is 0.277 bits per heavy atom. The van der Waals surface area contributed by atoms with Gasteiger partial charge in [-0.15, -0.1) is 0 Å². The van der Waals surface area contributed by atoms with Crippen molar-refractivity contribution >= 4 is 33.6 Å². The SMILES string of the molecule is CC/C=C\C/C=C\C/C=C\C/C=C\C/C=C\C/C=C\CCCCCCCCCCCCC(=O)OCC(O)COP(=O)(O)OCC(O)COP(=O)(O)OCC(COC(=O)CCCCCCCC/C=C\C/C=C\C/C=C\C/C=C\CC)OC(=O)CCCCCCCCC/C=C\C/C=C\C/C=C\CC. The van der Waals surface area contributed by atoms with E-state index in [1.807, 2.05) is 0 Å². The molecule has 0 aromatic carbocycles. The number of hydrogen-bond donors (Lipinski definition) is 4. The predicted octanol–water partition coefficient (Wildman–Crippen LogP) is 22.6. The number of allylic oxidation sites excluding steroid dienone is 26. The monoisotopic (exact) mass is 1450 g/mol. The van der Waals surface area contributed by atoms with Crippen LogP contribution >= 0.6 is 15.6 Å². The Morgan fingerprint density at radius 3 is 0.782 bits per heavy atom.